The van der Waals surface area contributed by atoms with E-state index in [1.165, 1.54) is 4.88 Å². The Morgan fingerprint density at radius 3 is 2.56 bits per heavy atom. The molecule has 1 heterocycles. The summed E-state index contributed by atoms with van der Waals surface area (Å²) in [4.78, 5) is 11.8. The average Bonchev–Trinajstić information content (AvgIpc) is 2.69. The third-order valence-corrected chi connectivity index (χ3v) is 5.90. The molecular weight excluding hydrogens is 264 g/mol. The molecule has 102 valence electrons. The van der Waals surface area contributed by atoms with Crippen molar-refractivity contribution in [3.05, 3.63) is 21.9 Å². The average molecular weight is 287 g/mol. The van der Waals surface area contributed by atoms with Gasteiger partial charge in [-0.15, -0.1) is 11.3 Å². The molecule has 0 radical (unpaired) electrons. The van der Waals surface area contributed by atoms with Crippen LogP contribution in [0.2, 0.25) is 0 Å². The standard InChI is InChI=1S/C14H23O2S2/c1-11(2)18(14(3,4)5)16-7-6-13-8-12(9-15)10-17-13/h8-11H,6-7H2,1-5H3/q+1. The Morgan fingerprint density at radius 1 is 1.44 bits per heavy atom. The van der Waals surface area contributed by atoms with Crippen LogP contribution in [0.25, 0.3) is 0 Å². The molecule has 1 atom stereocenters. The Bertz CT molecular complexity index is 377. The molecule has 1 unspecified atom stereocenters. The van der Waals surface area contributed by atoms with Crippen molar-refractivity contribution in [1.82, 2.24) is 0 Å². The predicted molar refractivity (Wildman–Crippen MR) is 81.6 cm³/mol. The minimum absolute atomic E-state index is 0.0271. The molecule has 0 bridgehead atoms. The molecule has 0 aromatic carbocycles. The topological polar surface area (TPSA) is 26.3 Å². The van der Waals surface area contributed by atoms with Crippen LogP contribution in [0, 0.1) is 0 Å². The molecule has 0 aliphatic rings. The number of aldehydes is 1. The molecule has 0 saturated heterocycles. The van der Waals surface area contributed by atoms with Gasteiger partial charge in [0.1, 0.15) is 11.9 Å². The number of rotatable bonds is 6. The van der Waals surface area contributed by atoms with Crippen molar-refractivity contribution < 1.29 is 8.98 Å². The van der Waals surface area contributed by atoms with Crippen molar-refractivity contribution in [2.24, 2.45) is 0 Å². The van der Waals surface area contributed by atoms with Crippen LogP contribution in [0.3, 0.4) is 0 Å². The Balaban J connectivity index is 2.46. The summed E-state index contributed by atoms with van der Waals surface area (Å²) < 4.78 is 6.25. The maximum Gasteiger partial charge on any atom is 0.154 e. The van der Waals surface area contributed by atoms with Gasteiger partial charge in [-0.1, -0.05) is 0 Å². The fourth-order valence-electron chi connectivity index (χ4n) is 1.84. The molecule has 0 amide bonds. The zero-order chi connectivity index (χ0) is 13.8. The summed E-state index contributed by atoms with van der Waals surface area (Å²) in [5, 5.41) is 2.44. The molecule has 0 N–H and O–H groups in total. The SMILES string of the molecule is CC(C)[S+](OCCc1cc(C=O)cs1)C(C)(C)C. The quantitative estimate of drug-likeness (QED) is 0.586. The zero-order valence-corrected chi connectivity index (χ0v) is 13.5. The Morgan fingerprint density at radius 2 is 2.11 bits per heavy atom. The summed E-state index contributed by atoms with van der Waals surface area (Å²) in [5.41, 5.74) is 0.772. The number of thiophene rings is 1. The van der Waals surface area contributed by atoms with Gasteiger partial charge in [-0.3, -0.25) is 4.79 Å². The van der Waals surface area contributed by atoms with E-state index in [9.17, 15) is 4.79 Å². The molecule has 1 rings (SSSR count). The van der Waals surface area contributed by atoms with E-state index >= 15 is 0 Å². The molecule has 0 fully saturated rings. The molecule has 0 aliphatic carbocycles. The Hall–Kier alpha value is -0.320. The van der Waals surface area contributed by atoms with Crippen LogP contribution >= 0.6 is 11.3 Å². The third-order valence-electron chi connectivity index (χ3n) is 2.40. The van der Waals surface area contributed by atoms with Gasteiger partial charge >= 0.3 is 0 Å². The first-order chi connectivity index (χ1) is 8.34. The van der Waals surface area contributed by atoms with Gasteiger partial charge in [0.25, 0.3) is 0 Å². The highest BCUT2D eigenvalue weighted by atomic mass is 32.2. The number of hydrogen-bond donors (Lipinski definition) is 0. The van der Waals surface area contributed by atoms with Crippen molar-refractivity contribution in [3.8, 4) is 0 Å². The van der Waals surface area contributed by atoms with Crippen molar-refractivity contribution in [3.63, 3.8) is 0 Å². The van der Waals surface area contributed by atoms with E-state index in [-0.39, 0.29) is 15.9 Å². The van der Waals surface area contributed by atoms with Gasteiger partial charge in [-0.2, -0.15) is 4.18 Å². The first kappa shape index (κ1) is 15.7. The van der Waals surface area contributed by atoms with Crippen LogP contribution in [0.15, 0.2) is 11.4 Å². The van der Waals surface area contributed by atoms with E-state index in [0.29, 0.717) is 5.25 Å². The van der Waals surface area contributed by atoms with Gasteiger partial charge in [0.05, 0.1) is 0 Å². The lowest BCUT2D eigenvalue weighted by Gasteiger charge is -2.21. The highest BCUT2D eigenvalue weighted by molar-refractivity contribution is 7.94. The normalized spacial score (nSPS) is 13.9. The van der Waals surface area contributed by atoms with Crippen LogP contribution in [0.5, 0.6) is 0 Å². The Kier molecular flexibility index (Phi) is 5.89. The molecule has 0 aliphatic heterocycles. The van der Waals surface area contributed by atoms with E-state index in [1.54, 1.807) is 11.3 Å². The monoisotopic (exact) mass is 287 g/mol. The third kappa shape index (κ3) is 4.75. The summed E-state index contributed by atoms with van der Waals surface area (Å²) in [7, 11) is 0. The maximum absolute atomic E-state index is 10.6. The lowest BCUT2D eigenvalue weighted by atomic mass is 10.3. The minimum atomic E-state index is -0.0271. The van der Waals surface area contributed by atoms with E-state index in [0.717, 1.165) is 24.9 Å². The van der Waals surface area contributed by atoms with Crippen LogP contribution in [-0.2, 0) is 21.8 Å². The van der Waals surface area contributed by atoms with Crippen LogP contribution < -0.4 is 0 Å². The van der Waals surface area contributed by atoms with E-state index in [2.05, 4.69) is 34.6 Å². The largest absolute Gasteiger partial charge is 0.298 e. The second-order valence-corrected chi connectivity index (χ2v) is 9.49. The first-order valence-corrected chi connectivity index (χ1v) is 8.33. The number of carbonyl (C=O) groups is 1. The maximum atomic E-state index is 10.6. The van der Waals surface area contributed by atoms with Gasteiger partial charge in [0.2, 0.25) is 0 Å². The van der Waals surface area contributed by atoms with E-state index in [4.69, 9.17) is 4.18 Å². The molecule has 0 spiro atoms. The molecule has 1 aromatic rings. The smallest absolute Gasteiger partial charge is 0.154 e. The van der Waals surface area contributed by atoms with Gasteiger partial charge in [0, 0.05) is 22.2 Å². The molecule has 18 heavy (non-hydrogen) atoms. The number of hydrogen-bond acceptors (Lipinski definition) is 3. The molecule has 2 nitrogen and oxygen atoms in total. The van der Waals surface area contributed by atoms with Crippen LogP contribution in [0.1, 0.15) is 49.9 Å². The first-order valence-electron chi connectivity index (χ1n) is 6.23. The Labute approximate surface area is 117 Å². The van der Waals surface area contributed by atoms with Gasteiger partial charge in [-0.25, -0.2) is 0 Å². The van der Waals surface area contributed by atoms with Crippen molar-refractivity contribution in [1.29, 1.82) is 0 Å². The summed E-state index contributed by atoms with van der Waals surface area (Å²) in [5.74, 6) is 0. The lowest BCUT2D eigenvalue weighted by Crippen LogP contribution is -2.37. The van der Waals surface area contributed by atoms with Crippen molar-refractivity contribution in [2.45, 2.75) is 51.0 Å². The van der Waals surface area contributed by atoms with Crippen LogP contribution in [-0.4, -0.2) is 22.9 Å². The molecular formula is C14H23O2S2+. The highest BCUT2D eigenvalue weighted by Gasteiger charge is 2.39. The van der Waals surface area contributed by atoms with Crippen molar-refractivity contribution >= 4 is 28.8 Å². The second-order valence-electron chi connectivity index (χ2n) is 5.49. The summed E-state index contributed by atoms with van der Waals surface area (Å²) in [6.45, 7) is 11.8. The zero-order valence-electron chi connectivity index (χ0n) is 11.9. The fourth-order valence-corrected chi connectivity index (χ4v) is 4.96. The lowest BCUT2D eigenvalue weighted by molar-refractivity contribution is 0.112. The summed E-state index contributed by atoms with van der Waals surface area (Å²) >= 11 is 1.61. The van der Waals surface area contributed by atoms with Gasteiger partial charge < -0.3 is 0 Å². The second kappa shape index (κ2) is 6.73. The van der Waals surface area contributed by atoms with Gasteiger partial charge in [0.15, 0.2) is 22.2 Å². The summed E-state index contributed by atoms with van der Waals surface area (Å²) in [6.07, 6.45) is 1.79. The molecule has 1 aromatic heterocycles. The molecule has 0 saturated carbocycles. The van der Waals surface area contributed by atoms with Crippen molar-refractivity contribution in [2.75, 3.05) is 6.61 Å². The fraction of sp³-hybridized carbons (Fsp3) is 0.643. The van der Waals surface area contributed by atoms with E-state index in [1.807, 2.05) is 11.4 Å². The van der Waals surface area contributed by atoms with E-state index < -0.39 is 0 Å². The highest BCUT2D eigenvalue weighted by Crippen LogP contribution is 2.25. The summed E-state index contributed by atoms with van der Waals surface area (Å²) in [6, 6.07) is 1.95. The van der Waals surface area contributed by atoms with Crippen LogP contribution in [0.4, 0.5) is 0 Å². The molecule has 4 heteroatoms. The predicted octanol–water partition coefficient (Wildman–Crippen LogP) is 3.86. The number of carbonyl (C=O) groups excluding carboxylic acids is 1. The minimum Gasteiger partial charge on any atom is -0.298 e. The van der Waals surface area contributed by atoms with Gasteiger partial charge in [-0.05, 0) is 40.7 Å².